The van der Waals surface area contributed by atoms with E-state index in [-0.39, 0.29) is 5.91 Å². The molecule has 0 unspecified atom stereocenters. The van der Waals surface area contributed by atoms with E-state index in [1.165, 1.54) is 16.6 Å². The van der Waals surface area contributed by atoms with E-state index in [0.29, 0.717) is 16.5 Å². The highest BCUT2D eigenvalue weighted by Gasteiger charge is 2.24. The highest BCUT2D eigenvalue weighted by molar-refractivity contribution is 6.30. The summed E-state index contributed by atoms with van der Waals surface area (Å²) in [7, 11) is 0. The molecular weight excluding hydrogens is 358 g/mol. The fourth-order valence-corrected chi connectivity index (χ4v) is 4.18. The average Bonchev–Trinajstić information content (AvgIpc) is 2.99. The summed E-state index contributed by atoms with van der Waals surface area (Å²) >= 11 is 5.92. The first-order chi connectivity index (χ1) is 13.0. The van der Waals surface area contributed by atoms with Crippen LogP contribution in [-0.4, -0.2) is 33.7 Å². The smallest absolute Gasteiger partial charge is 0.253 e. The average molecular weight is 382 g/mol. The number of amides is 1. The van der Waals surface area contributed by atoms with Crippen LogP contribution in [0.4, 0.5) is 0 Å². The first-order valence-corrected chi connectivity index (χ1v) is 9.88. The molecule has 0 N–H and O–H groups in total. The summed E-state index contributed by atoms with van der Waals surface area (Å²) in [5.74, 6) is 0.648. The minimum atomic E-state index is 0.0988. The van der Waals surface area contributed by atoms with Crippen LogP contribution >= 0.6 is 11.6 Å². The van der Waals surface area contributed by atoms with Gasteiger partial charge in [0.05, 0.1) is 5.52 Å². The van der Waals surface area contributed by atoms with Crippen LogP contribution in [0.3, 0.4) is 0 Å². The molecule has 1 aromatic heterocycles. The Morgan fingerprint density at radius 3 is 2.48 bits per heavy atom. The van der Waals surface area contributed by atoms with Gasteiger partial charge in [0, 0.05) is 41.3 Å². The number of carbonyl (C=O) groups is 1. The van der Waals surface area contributed by atoms with Crippen molar-refractivity contribution in [2.45, 2.75) is 33.2 Å². The molecule has 5 heteroatoms. The second kappa shape index (κ2) is 7.35. The Kier molecular flexibility index (Phi) is 4.92. The van der Waals surface area contributed by atoms with Gasteiger partial charge in [0.25, 0.3) is 5.91 Å². The summed E-state index contributed by atoms with van der Waals surface area (Å²) in [6.45, 7) is 6.81. The number of aryl methyl sites for hydroxylation is 2. The lowest BCUT2D eigenvalue weighted by Crippen LogP contribution is -2.39. The van der Waals surface area contributed by atoms with Gasteiger partial charge in [0.15, 0.2) is 0 Å². The van der Waals surface area contributed by atoms with Crippen molar-refractivity contribution in [2.24, 2.45) is 5.92 Å². The number of aromatic nitrogens is 2. The van der Waals surface area contributed by atoms with Gasteiger partial charge in [0.1, 0.15) is 0 Å². The molecule has 0 spiro atoms. The Morgan fingerprint density at radius 1 is 1.11 bits per heavy atom. The van der Waals surface area contributed by atoms with Gasteiger partial charge < -0.3 is 4.90 Å². The van der Waals surface area contributed by atoms with E-state index >= 15 is 0 Å². The van der Waals surface area contributed by atoms with Crippen LogP contribution in [-0.2, 0) is 6.54 Å². The van der Waals surface area contributed by atoms with E-state index in [1.807, 2.05) is 4.90 Å². The van der Waals surface area contributed by atoms with E-state index in [4.69, 9.17) is 16.7 Å². The van der Waals surface area contributed by atoms with Crippen LogP contribution in [0, 0.1) is 19.8 Å². The zero-order chi connectivity index (χ0) is 19.0. The van der Waals surface area contributed by atoms with Crippen molar-refractivity contribution in [1.29, 1.82) is 0 Å². The zero-order valence-corrected chi connectivity index (χ0v) is 16.5. The second-order valence-corrected chi connectivity index (χ2v) is 7.92. The predicted octanol–water partition coefficient (Wildman–Crippen LogP) is 4.86. The maximum absolute atomic E-state index is 12.7. The molecule has 1 saturated heterocycles. The Labute approximate surface area is 164 Å². The van der Waals surface area contributed by atoms with Crippen molar-refractivity contribution in [3.8, 4) is 0 Å². The summed E-state index contributed by atoms with van der Waals surface area (Å²) in [5, 5.41) is 6.73. The standard InChI is InChI=1S/C22H24ClN3O/c1-15-4-3-5-20-21(15)16(2)26(24-20)14-17-10-12-25(13-11-17)22(27)18-6-8-19(23)9-7-18/h3-9,17H,10-14H2,1-2H3. The van der Waals surface area contributed by atoms with Crippen LogP contribution in [0.25, 0.3) is 10.9 Å². The van der Waals surface area contributed by atoms with Crippen molar-refractivity contribution in [1.82, 2.24) is 14.7 Å². The number of fused-ring (bicyclic) bond motifs is 1. The van der Waals surface area contributed by atoms with Crippen molar-refractivity contribution in [3.63, 3.8) is 0 Å². The van der Waals surface area contributed by atoms with Gasteiger partial charge in [-0.15, -0.1) is 0 Å². The van der Waals surface area contributed by atoms with Gasteiger partial charge in [0.2, 0.25) is 0 Å². The molecule has 4 nitrogen and oxygen atoms in total. The van der Waals surface area contributed by atoms with E-state index in [1.54, 1.807) is 24.3 Å². The Balaban J connectivity index is 1.41. The van der Waals surface area contributed by atoms with Crippen LogP contribution in [0.1, 0.15) is 34.5 Å². The highest BCUT2D eigenvalue weighted by Crippen LogP contribution is 2.25. The van der Waals surface area contributed by atoms with E-state index in [0.717, 1.165) is 38.0 Å². The van der Waals surface area contributed by atoms with E-state index in [9.17, 15) is 4.79 Å². The number of hydrogen-bond donors (Lipinski definition) is 0. The van der Waals surface area contributed by atoms with Crippen molar-refractivity contribution in [3.05, 3.63) is 64.3 Å². The quantitative estimate of drug-likeness (QED) is 0.649. The monoisotopic (exact) mass is 381 g/mol. The number of nitrogens with zero attached hydrogens (tertiary/aromatic N) is 3. The Hall–Kier alpha value is -2.33. The lowest BCUT2D eigenvalue weighted by molar-refractivity contribution is 0.0681. The van der Waals surface area contributed by atoms with Gasteiger partial charge >= 0.3 is 0 Å². The zero-order valence-electron chi connectivity index (χ0n) is 15.8. The summed E-state index contributed by atoms with van der Waals surface area (Å²) in [5.41, 5.74) is 4.30. The molecule has 3 aromatic rings. The van der Waals surface area contributed by atoms with Gasteiger partial charge in [-0.3, -0.25) is 9.48 Å². The molecule has 0 bridgehead atoms. The Bertz CT molecular complexity index is 969. The predicted molar refractivity (Wildman–Crippen MR) is 109 cm³/mol. The number of likely N-dealkylation sites (tertiary alicyclic amines) is 1. The minimum Gasteiger partial charge on any atom is -0.339 e. The number of rotatable bonds is 3. The lowest BCUT2D eigenvalue weighted by Gasteiger charge is -2.32. The topological polar surface area (TPSA) is 38.1 Å². The maximum atomic E-state index is 12.7. The lowest BCUT2D eigenvalue weighted by atomic mass is 9.96. The normalized spacial score (nSPS) is 15.4. The van der Waals surface area contributed by atoms with Crippen molar-refractivity contribution in [2.75, 3.05) is 13.1 Å². The van der Waals surface area contributed by atoms with E-state index in [2.05, 4.69) is 36.7 Å². The maximum Gasteiger partial charge on any atom is 0.253 e. The molecular formula is C22H24ClN3O. The van der Waals surface area contributed by atoms with Crippen molar-refractivity contribution < 1.29 is 4.79 Å². The third-order valence-electron chi connectivity index (χ3n) is 5.65. The first kappa shape index (κ1) is 18.1. The molecule has 2 aromatic carbocycles. The van der Waals surface area contributed by atoms with Gasteiger partial charge in [-0.2, -0.15) is 5.10 Å². The van der Waals surface area contributed by atoms with Gasteiger partial charge in [-0.05, 0) is 68.5 Å². The molecule has 0 radical (unpaired) electrons. The van der Waals surface area contributed by atoms with Gasteiger partial charge in [-0.1, -0.05) is 23.7 Å². The molecule has 4 rings (SSSR count). The van der Waals surface area contributed by atoms with Gasteiger partial charge in [-0.25, -0.2) is 0 Å². The molecule has 140 valence electrons. The van der Waals surface area contributed by atoms with Crippen LogP contribution < -0.4 is 0 Å². The summed E-state index contributed by atoms with van der Waals surface area (Å²) in [4.78, 5) is 14.6. The summed E-state index contributed by atoms with van der Waals surface area (Å²) in [6.07, 6.45) is 2.02. The van der Waals surface area contributed by atoms with Crippen molar-refractivity contribution >= 4 is 28.4 Å². The molecule has 27 heavy (non-hydrogen) atoms. The molecule has 1 aliphatic rings. The molecule has 1 aliphatic heterocycles. The third kappa shape index (κ3) is 3.59. The molecule has 1 amide bonds. The molecule has 0 saturated carbocycles. The largest absolute Gasteiger partial charge is 0.339 e. The molecule has 0 atom stereocenters. The number of carbonyl (C=O) groups excluding carboxylic acids is 1. The third-order valence-corrected chi connectivity index (χ3v) is 5.90. The molecule has 0 aliphatic carbocycles. The number of halogens is 1. The number of piperidine rings is 1. The fourth-order valence-electron chi connectivity index (χ4n) is 4.06. The number of hydrogen-bond acceptors (Lipinski definition) is 2. The highest BCUT2D eigenvalue weighted by atomic mass is 35.5. The molecule has 2 heterocycles. The molecule has 1 fully saturated rings. The van der Waals surface area contributed by atoms with Crippen LogP contribution in [0.5, 0.6) is 0 Å². The van der Waals surface area contributed by atoms with Crippen LogP contribution in [0.15, 0.2) is 42.5 Å². The minimum absolute atomic E-state index is 0.0988. The summed E-state index contributed by atoms with van der Waals surface area (Å²) in [6, 6.07) is 13.4. The second-order valence-electron chi connectivity index (χ2n) is 7.48. The summed E-state index contributed by atoms with van der Waals surface area (Å²) < 4.78 is 2.15. The van der Waals surface area contributed by atoms with E-state index < -0.39 is 0 Å². The number of benzene rings is 2. The first-order valence-electron chi connectivity index (χ1n) is 9.50. The SMILES string of the molecule is Cc1cccc2nn(CC3CCN(C(=O)c4ccc(Cl)cc4)CC3)c(C)c12. The Morgan fingerprint density at radius 2 is 1.81 bits per heavy atom. The fraction of sp³-hybridized carbons (Fsp3) is 0.364. The van der Waals surface area contributed by atoms with Crippen LogP contribution in [0.2, 0.25) is 5.02 Å².